The summed E-state index contributed by atoms with van der Waals surface area (Å²) in [6, 6.07) is 70.7. The van der Waals surface area contributed by atoms with Crippen LogP contribution in [-0.2, 0) is 0 Å². The highest BCUT2D eigenvalue weighted by atomic mass is 15.1. The van der Waals surface area contributed by atoms with Gasteiger partial charge in [-0.25, -0.2) is 15.0 Å². The van der Waals surface area contributed by atoms with Crippen LogP contribution in [-0.4, -0.2) is 24.1 Å². The van der Waals surface area contributed by atoms with Crippen molar-refractivity contribution in [3.05, 3.63) is 200 Å². The molecule has 0 aliphatic rings. The Morgan fingerprint density at radius 2 is 1.05 bits per heavy atom. The van der Waals surface area contributed by atoms with Crippen LogP contribution in [0.25, 0.3) is 111 Å². The van der Waals surface area contributed by atoms with Gasteiger partial charge in [-0.05, 0) is 71.4 Å². The zero-order valence-corrected chi connectivity index (χ0v) is 31.3. The van der Waals surface area contributed by atoms with Crippen LogP contribution in [0, 0.1) is 0 Å². The summed E-state index contributed by atoms with van der Waals surface area (Å²) in [7, 11) is 0. The number of fused-ring (bicyclic) bond motifs is 9. The molecular weight excluding hydrogens is 707 g/mol. The molecule has 0 aliphatic heterocycles. The second-order valence-corrected chi connectivity index (χ2v) is 14.8. The monoisotopic (exact) mass is 739 g/mol. The van der Waals surface area contributed by atoms with Gasteiger partial charge in [0.1, 0.15) is 5.82 Å². The van der Waals surface area contributed by atoms with Gasteiger partial charge in [0.05, 0.1) is 39.0 Å². The molecule has 5 heteroatoms. The molecule has 0 bridgehead atoms. The fourth-order valence-electron chi connectivity index (χ4n) is 8.88. The number of hydrogen-bond donors (Lipinski definition) is 0. The van der Waals surface area contributed by atoms with Gasteiger partial charge in [0.2, 0.25) is 0 Å². The molecule has 0 unspecified atom stereocenters. The van der Waals surface area contributed by atoms with E-state index in [1.165, 1.54) is 37.8 Å². The molecule has 0 saturated carbocycles. The summed E-state index contributed by atoms with van der Waals surface area (Å²) in [6.45, 7) is 0. The zero-order valence-electron chi connectivity index (χ0n) is 31.3. The number of aromatic nitrogens is 5. The van der Waals surface area contributed by atoms with Gasteiger partial charge < -0.3 is 4.57 Å². The minimum atomic E-state index is 0.708. The maximum absolute atomic E-state index is 5.42. The summed E-state index contributed by atoms with van der Waals surface area (Å²) in [4.78, 5) is 15.6. The van der Waals surface area contributed by atoms with Gasteiger partial charge >= 0.3 is 0 Å². The Labute approximate surface area is 333 Å². The molecule has 0 aliphatic carbocycles. The summed E-state index contributed by atoms with van der Waals surface area (Å²) < 4.78 is 4.73. The van der Waals surface area contributed by atoms with Crippen LogP contribution in [0.2, 0.25) is 0 Å². The molecule has 270 valence electrons. The first-order chi connectivity index (χ1) is 28.8. The third-order valence-electron chi connectivity index (χ3n) is 11.5. The predicted octanol–water partition coefficient (Wildman–Crippen LogP) is 13.4. The molecule has 0 N–H and O–H groups in total. The molecule has 12 aromatic rings. The largest absolute Gasteiger partial charge is 0.309 e. The number of benzene rings is 8. The van der Waals surface area contributed by atoms with Crippen molar-refractivity contribution in [2.24, 2.45) is 0 Å². The molecule has 4 heterocycles. The van der Waals surface area contributed by atoms with E-state index in [1.54, 1.807) is 0 Å². The van der Waals surface area contributed by atoms with Crippen molar-refractivity contribution >= 4 is 65.3 Å². The highest BCUT2D eigenvalue weighted by Gasteiger charge is 2.21. The second kappa shape index (κ2) is 12.8. The van der Waals surface area contributed by atoms with E-state index in [4.69, 9.17) is 15.0 Å². The van der Waals surface area contributed by atoms with E-state index in [1.807, 2.05) is 24.3 Å². The van der Waals surface area contributed by atoms with Crippen LogP contribution < -0.4 is 0 Å². The van der Waals surface area contributed by atoms with Crippen molar-refractivity contribution in [3.63, 3.8) is 0 Å². The molecule has 0 fully saturated rings. The van der Waals surface area contributed by atoms with Crippen molar-refractivity contribution < 1.29 is 0 Å². The average Bonchev–Trinajstić information content (AvgIpc) is 3.80. The van der Waals surface area contributed by atoms with Gasteiger partial charge in [-0.1, -0.05) is 140 Å². The highest BCUT2D eigenvalue weighted by molar-refractivity contribution is 6.25. The highest BCUT2D eigenvalue weighted by Crippen LogP contribution is 2.42. The number of rotatable bonds is 5. The molecule has 0 atom stereocenters. The molecule has 58 heavy (non-hydrogen) atoms. The van der Waals surface area contributed by atoms with Crippen LogP contribution in [0.4, 0.5) is 0 Å². The Morgan fingerprint density at radius 3 is 1.88 bits per heavy atom. The van der Waals surface area contributed by atoms with E-state index in [0.717, 1.165) is 67.0 Å². The van der Waals surface area contributed by atoms with E-state index >= 15 is 0 Å². The van der Waals surface area contributed by atoms with E-state index < -0.39 is 0 Å². The molecular formula is C53H33N5. The Bertz CT molecular complexity index is 3550. The molecule has 0 spiro atoms. The van der Waals surface area contributed by atoms with Gasteiger partial charge in [-0.15, -0.1) is 0 Å². The van der Waals surface area contributed by atoms with Gasteiger partial charge in [-0.3, -0.25) is 4.57 Å². The van der Waals surface area contributed by atoms with E-state index in [9.17, 15) is 0 Å². The van der Waals surface area contributed by atoms with Gasteiger partial charge in [0, 0.05) is 49.3 Å². The maximum Gasteiger partial charge on any atom is 0.160 e. The van der Waals surface area contributed by atoms with Crippen LogP contribution in [0.3, 0.4) is 0 Å². The topological polar surface area (TPSA) is 48.5 Å². The predicted molar refractivity (Wildman–Crippen MR) is 240 cm³/mol. The van der Waals surface area contributed by atoms with Crippen molar-refractivity contribution in [1.29, 1.82) is 0 Å². The quantitative estimate of drug-likeness (QED) is 0.177. The molecule has 0 saturated heterocycles. The lowest BCUT2D eigenvalue weighted by Gasteiger charge is -2.12. The van der Waals surface area contributed by atoms with Crippen LogP contribution in [0.1, 0.15) is 0 Å². The third-order valence-corrected chi connectivity index (χ3v) is 11.5. The lowest BCUT2D eigenvalue weighted by Crippen LogP contribution is -1.99. The van der Waals surface area contributed by atoms with Crippen molar-refractivity contribution in [1.82, 2.24) is 24.1 Å². The van der Waals surface area contributed by atoms with E-state index in [0.29, 0.717) is 5.82 Å². The van der Waals surface area contributed by atoms with Crippen LogP contribution in [0.5, 0.6) is 0 Å². The first kappa shape index (κ1) is 32.4. The van der Waals surface area contributed by atoms with E-state index in [-0.39, 0.29) is 0 Å². The summed E-state index contributed by atoms with van der Waals surface area (Å²) in [5.74, 6) is 1.56. The summed E-state index contributed by atoms with van der Waals surface area (Å²) >= 11 is 0. The minimum absolute atomic E-state index is 0.708. The fraction of sp³-hybridized carbons (Fsp3) is 0. The molecule has 0 radical (unpaired) electrons. The third kappa shape index (κ3) is 5.00. The molecule has 8 aromatic carbocycles. The van der Waals surface area contributed by atoms with Crippen molar-refractivity contribution in [3.8, 4) is 45.4 Å². The number of hydrogen-bond acceptors (Lipinski definition) is 3. The Kier molecular flexibility index (Phi) is 7.16. The van der Waals surface area contributed by atoms with E-state index in [2.05, 4.69) is 185 Å². The van der Waals surface area contributed by atoms with Gasteiger partial charge in [0.15, 0.2) is 5.82 Å². The fourth-order valence-corrected chi connectivity index (χ4v) is 8.88. The van der Waals surface area contributed by atoms with Crippen molar-refractivity contribution in [2.45, 2.75) is 0 Å². The summed E-state index contributed by atoms with van der Waals surface area (Å²) in [5, 5.41) is 8.36. The van der Waals surface area contributed by atoms with Crippen molar-refractivity contribution in [2.75, 3.05) is 0 Å². The van der Waals surface area contributed by atoms with Crippen LogP contribution in [0.15, 0.2) is 200 Å². The maximum atomic E-state index is 5.42. The molecule has 5 nitrogen and oxygen atoms in total. The standard InChI is InChI=1S/C53H33N5/c1-4-16-35(17-5-1)52-42-31-37(27-29-45(42)55-53(56-52)36-18-6-2-7-19-36)44-24-14-26-50(54-44)58-46-25-13-12-23-40(46)41-32-43-49(33-48(41)58)57(38-20-8-3-9-21-38)47-30-28-34-15-10-11-22-39(34)51(43)47/h1-33H. The SMILES string of the molecule is c1ccc(-c2nc(-c3ccccc3)c3cc(-c4cccc(-n5c6ccccc6c6cc7c8c9ccccc9ccc8n(-c8ccccc8)c7cc65)n4)ccc3n2)cc1. The Balaban J connectivity index is 1.08. The van der Waals surface area contributed by atoms with Gasteiger partial charge in [-0.2, -0.15) is 0 Å². The average molecular weight is 740 g/mol. The summed E-state index contributed by atoms with van der Waals surface area (Å²) in [6.07, 6.45) is 0. The Hall–Kier alpha value is -7.89. The molecule has 0 amide bonds. The number of pyridine rings is 1. The lowest BCUT2D eigenvalue weighted by molar-refractivity contribution is 1.08. The smallest absolute Gasteiger partial charge is 0.160 e. The lowest BCUT2D eigenvalue weighted by atomic mass is 10.0. The zero-order chi connectivity index (χ0) is 38.2. The number of para-hydroxylation sites is 2. The minimum Gasteiger partial charge on any atom is -0.309 e. The normalized spacial score (nSPS) is 11.8. The molecule has 12 rings (SSSR count). The first-order valence-corrected chi connectivity index (χ1v) is 19.6. The van der Waals surface area contributed by atoms with Crippen LogP contribution >= 0.6 is 0 Å². The first-order valence-electron chi connectivity index (χ1n) is 19.6. The number of nitrogens with zero attached hydrogens (tertiary/aromatic N) is 5. The molecule has 4 aromatic heterocycles. The Morgan fingerprint density at radius 1 is 0.345 bits per heavy atom. The van der Waals surface area contributed by atoms with Gasteiger partial charge in [0.25, 0.3) is 0 Å². The summed E-state index contributed by atoms with van der Waals surface area (Å²) in [5.41, 5.74) is 11.4. The second-order valence-electron chi connectivity index (χ2n) is 14.8.